The van der Waals surface area contributed by atoms with Gasteiger partial charge in [0, 0.05) is 55.0 Å². The van der Waals surface area contributed by atoms with Crippen LogP contribution in [0.4, 0.5) is 11.6 Å². The summed E-state index contributed by atoms with van der Waals surface area (Å²) in [6.07, 6.45) is 9.75. The van der Waals surface area contributed by atoms with Gasteiger partial charge in [-0.2, -0.15) is 4.98 Å². The van der Waals surface area contributed by atoms with E-state index >= 15 is 0 Å². The van der Waals surface area contributed by atoms with E-state index in [4.69, 9.17) is 0 Å². The summed E-state index contributed by atoms with van der Waals surface area (Å²) in [4.78, 5) is 35.1. The van der Waals surface area contributed by atoms with Gasteiger partial charge in [0.15, 0.2) is 5.01 Å². The van der Waals surface area contributed by atoms with Crippen molar-refractivity contribution in [2.75, 3.05) is 17.2 Å². The molecule has 4 aromatic heterocycles. The first kappa shape index (κ1) is 23.3. The van der Waals surface area contributed by atoms with E-state index in [1.54, 1.807) is 44.0 Å². The van der Waals surface area contributed by atoms with Gasteiger partial charge in [-0.3, -0.25) is 14.3 Å². The van der Waals surface area contributed by atoms with E-state index in [1.165, 1.54) is 11.3 Å². The fourth-order valence-electron chi connectivity index (χ4n) is 3.43. The molecule has 10 nitrogen and oxygen atoms in total. The second-order valence-corrected chi connectivity index (χ2v) is 8.92. The average molecular weight is 499 g/mol. The number of pyridine rings is 1. The van der Waals surface area contributed by atoms with Gasteiger partial charge in [-0.15, -0.1) is 11.3 Å². The summed E-state index contributed by atoms with van der Waals surface area (Å²) in [7, 11) is 0. The lowest BCUT2D eigenvalue weighted by Crippen LogP contribution is -2.17. The number of benzene rings is 1. The van der Waals surface area contributed by atoms with Crippen molar-refractivity contribution in [1.29, 1.82) is 0 Å². The number of nitrogens with zero attached hydrogens (tertiary/aromatic N) is 6. The Morgan fingerprint density at radius 3 is 2.58 bits per heavy atom. The van der Waals surface area contributed by atoms with Crippen LogP contribution < -0.4 is 10.6 Å². The Morgan fingerprint density at radius 1 is 1.00 bits per heavy atom. The summed E-state index contributed by atoms with van der Waals surface area (Å²) in [5.74, 6) is 1.47. The predicted molar refractivity (Wildman–Crippen MR) is 138 cm³/mol. The number of amides is 1. The van der Waals surface area contributed by atoms with Crippen LogP contribution in [0.1, 0.15) is 16.7 Å². The van der Waals surface area contributed by atoms with Crippen molar-refractivity contribution in [2.45, 2.75) is 13.0 Å². The number of hydrogen-bond acceptors (Lipinski definition) is 9. The Bertz CT molecular complexity index is 1460. The van der Waals surface area contributed by atoms with Crippen molar-refractivity contribution >= 4 is 28.9 Å². The molecule has 0 fully saturated rings. The lowest BCUT2D eigenvalue weighted by molar-refractivity contribution is 0.102. The van der Waals surface area contributed by atoms with Gasteiger partial charge in [0.2, 0.25) is 5.95 Å². The summed E-state index contributed by atoms with van der Waals surface area (Å²) in [6.45, 7) is 2.03. The number of anilines is 2. The van der Waals surface area contributed by atoms with E-state index in [1.807, 2.05) is 47.2 Å². The van der Waals surface area contributed by atoms with Crippen LogP contribution in [0.2, 0.25) is 0 Å². The van der Waals surface area contributed by atoms with Crippen LogP contribution in [0, 0.1) is 0 Å². The number of aliphatic hydroxyl groups is 1. The third kappa shape index (κ3) is 5.27. The van der Waals surface area contributed by atoms with Crippen molar-refractivity contribution in [2.24, 2.45) is 0 Å². The van der Waals surface area contributed by atoms with Gasteiger partial charge in [-0.1, -0.05) is 0 Å². The Hall–Kier alpha value is -4.48. The average Bonchev–Trinajstić information content (AvgIpc) is 3.59. The zero-order valence-electron chi connectivity index (χ0n) is 19.2. The first-order chi connectivity index (χ1) is 17.6. The SMILES string of the molecule is C[C@H](O)CNc1nccc(-n2ccnc2-c2ccc(NC(=O)c3ncc(-c4ccncc4)s3)cc2)n1. The van der Waals surface area contributed by atoms with Crippen molar-refractivity contribution in [1.82, 2.24) is 29.5 Å². The van der Waals surface area contributed by atoms with Gasteiger partial charge in [-0.25, -0.2) is 15.0 Å². The number of hydrogen-bond donors (Lipinski definition) is 3. The quantitative estimate of drug-likeness (QED) is 0.294. The summed E-state index contributed by atoms with van der Waals surface area (Å²) in [6, 6.07) is 12.9. The van der Waals surface area contributed by atoms with Gasteiger partial charge in [-0.05, 0) is 55.0 Å². The minimum absolute atomic E-state index is 0.271. The number of imidazole rings is 1. The fourth-order valence-corrected chi connectivity index (χ4v) is 4.24. The van der Waals surface area contributed by atoms with Crippen molar-refractivity contribution in [3.8, 4) is 27.6 Å². The highest BCUT2D eigenvalue weighted by Crippen LogP contribution is 2.27. The number of carbonyl (C=O) groups excluding carboxylic acids is 1. The van der Waals surface area contributed by atoms with Crippen LogP contribution in [0.15, 0.2) is 79.6 Å². The molecule has 0 unspecified atom stereocenters. The minimum Gasteiger partial charge on any atom is -0.392 e. The van der Waals surface area contributed by atoms with E-state index in [2.05, 4.69) is 35.6 Å². The summed E-state index contributed by atoms with van der Waals surface area (Å²) < 4.78 is 1.85. The molecule has 5 rings (SSSR count). The van der Waals surface area contributed by atoms with Crippen LogP contribution in [0.3, 0.4) is 0 Å². The van der Waals surface area contributed by atoms with Crippen LogP contribution in [-0.2, 0) is 0 Å². The van der Waals surface area contributed by atoms with Crippen LogP contribution in [-0.4, -0.2) is 53.1 Å². The molecule has 1 atom stereocenters. The number of aliphatic hydroxyl groups excluding tert-OH is 1. The largest absolute Gasteiger partial charge is 0.392 e. The van der Waals surface area contributed by atoms with Gasteiger partial charge in [0.25, 0.3) is 5.91 Å². The molecule has 3 N–H and O–H groups in total. The minimum atomic E-state index is -0.515. The molecule has 36 heavy (non-hydrogen) atoms. The molecule has 0 radical (unpaired) electrons. The number of aromatic nitrogens is 6. The molecule has 0 aliphatic heterocycles. The Morgan fingerprint density at radius 2 is 1.81 bits per heavy atom. The maximum absolute atomic E-state index is 12.7. The number of thiazole rings is 1. The molecule has 0 saturated heterocycles. The second-order valence-electron chi connectivity index (χ2n) is 7.89. The molecule has 0 bridgehead atoms. The normalized spacial score (nSPS) is 11.7. The third-order valence-corrected chi connectivity index (χ3v) is 6.19. The summed E-state index contributed by atoms with van der Waals surface area (Å²) >= 11 is 1.32. The molecule has 0 aliphatic carbocycles. The van der Waals surface area contributed by atoms with Gasteiger partial charge < -0.3 is 15.7 Å². The smallest absolute Gasteiger partial charge is 0.284 e. The zero-order chi connectivity index (χ0) is 24.9. The zero-order valence-corrected chi connectivity index (χ0v) is 20.1. The monoisotopic (exact) mass is 498 g/mol. The van der Waals surface area contributed by atoms with Gasteiger partial charge in [0.1, 0.15) is 11.6 Å². The summed E-state index contributed by atoms with van der Waals surface area (Å²) in [5, 5.41) is 15.8. The van der Waals surface area contributed by atoms with Crippen molar-refractivity contribution in [3.63, 3.8) is 0 Å². The fraction of sp³-hybridized carbons (Fsp3) is 0.120. The van der Waals surface area contributed by atoms with E-state index in [0.29, 0.717) is 34.8 Å². The molecular formula is C25H22N8O2S. The highest BCUT2D eigenvalue weighted by atomic mass is 32.1. The molecule has 11 heteroatoms. The lowest BCUT2D eigenvalue weighted by Gasteiger charge is -2.11. The molecule has 180 valence electrons. The van der Waals surface area contributed by atoms with Crippen LogP contribution >= 0.6 is 11.3 Å². The first-order valence-corrected chi connectivity index (χ1v) is 12.0. The Kier molecular flexibility index (Phi) is 6.74. The maximum atomic E-state index is 12.7. The highest BCUT2D eigenvalue weighted by Gasteiger charge is 2.14. The number of nitrogens with one attached hydrogen (secondary N) is 2. The third-order valence-electron chi connectivity index (χ3n) is 5.15. The first-order valence-electron chi connectivity index (χ1n) is 11.1. The molecule has 1 amide bonds. The molecule has 1 aromatic carbocycles. The number of rotatable bonds is 8. The second kappa shape index (κ2) is 10.4. The van der Waals surface area contributed by atoms with E-state index in [9.17, 15) is 9.90 Å². The van der Waals surface area contributed by atoms with Gasteiger partial charge in [0.05, 0.1) is 11.0 Å². The van der Waals surface area contributed by atoms with Crippen molar-refractivity contribution in [3.05, 3.63) is 84.7 Å². The molecule has 0 saturated carbocycles. The molecule has 0 aliphatic rings. The molecule has 0 spiro atoms. The highest BCUT2D eigenvalue weighted by molar-refractivity contribution is 7.17. The topological polar surface area (TPSA) is 131 Å². The van der Waals surface area contributed by atoms with E-state index in [0.717, 1.165) is 16.0 Å². The maximum Gasteiger partial charge on any atom is 0.284 e. The van der Waals surface area contributed by atoms with Crippen LogP contribution in [0.25, 0.3) is 27.6 Å². The molecular weight excluding hydrogens is 476 g/mol. The molecule has 4 heterocycles. The van der Waals surface area contributed by atoms with E-state index in [-0.39, 0.29) is 5.91 Å². The standard InChI is InChI=1S/C25H22N8O2S/c1-16(34)14-30-25-28-11-8-21(32-25)33-13-12-27-22(33)18-2-4-19(5-3-18)31-23(35)24-29-15-20(36-24)17-6-9-26-10-7-17/h2-13,15-16,34H,14H2,1H3,(H,31,35)(H,28,30,32)/t16-/m0/s1. The predicted octanol–water partition coefficient (Wildman–Crippen LogP) is 3.89. The number of carbonyl (C=O) groups is 1. The Labute approximate surface area is 210 Å². The summed E-state index contributed by atoms with van der Waals surface area (Å²) in [5.41, 5.74) is 2.47. The Balaban J connectivity index is 1.30. The molecule has 5 aromatic rings. The lowest BCUT2D eigenvalue weighted by atomic mass is 10.2. The van der Waals surface area contributed by atoms with E-state index < -0.39 is 6.10 Å². The van der Waals surface area contributed by atoms with Crippen LogP contribution in [0.5, 0.6) is 0 Å². The van der Waals surface area contributed by atoms with Crippen molar-refractivity contribution < 1.29 is 9.90 Å². The van der Waals surface area contributed by atoms with Gasteiger partial charge >= 0.3 is 0 Å².